The number of nitrogens with one attached hydrogen (secondary N) is 1. The maximum atomic E-state index is 13.1. The lowest BCUT2D eigenvalue weighted by molar-refractivity contribution is -0.136. The van der Waals surface area contributed by atoms with E-state index in [1.807, 2.05) is 6.07 Å². The molecule has 0 saturated carbocycles. The Hall–Kier alpha value is -2.58. The van der Waals surface area contributed by atoms with Crippen LogP contribution < -0.4 is 11.1 Å². The Morgan fingerprint density at radius 2 is 1.93 bits per heavy atom. The number of carbonyl (C=O) groups is 4. The van der Waals surface area contributed by atoms with Gasteiger partial charge in [-0.2, -0.15) is 0 Å². The SMILES string of the molecule is CC1CC(N)CCN1Cc1cccc2c1C(=O)N(C1CCC(=O)NC1=O)C2=O. The highest BCUT2D eigenvalue weighted by Gasteiger charge is 2.45. The van der Waals surface area contributed by atoms with Crippen LogP contribution >= 0.6 is 0 Å². The van der Waals surface area contributed by atoms with Gasteiger partial charge in [0.25, 0.3) is 11.8 Å². The van der Waals surface area contributed by atoms with Crippen molar-refractivity contribution in [2.45, 2.75) is 57.3 Å². The highest BCUT2D eigenvalue weighted by atomic mass is 16.2. The van der Waals surface area contributed by atoms with Gasteiger partial charge in [-0.1, -0.05) is 12.1 Å². The maximum absolute atomic E-state index is 13.1. The molecule has 0 spiro atoms. The van der Waals surface area contributed by atoms with E-state index < -0.39 is 23.8 Å². The van der Waals surface area contributed by atoms with Gasteiger partial charge in [0.2, 0.25) is 11.8 Å². The minimum Gasteiger partial charge on any atom is -0.328 e. The molecule has 3 aliphatic rings. The number of rotatable bonds is 3. The minimum absolute atomic E-state index is 0.113. The molecule has 1 aromatic carbocycles. The van der Waals surface area contributed by atoms with E-state index in [4.69, 9.17) is 5.73 Å². The molecule has 8 heteroatoms. The highest BCUT2D eigenvalue weighted by molar-refractivity contribution is 6.24. The summed E-state index contributed by atoms with van der Waals surface area (Å²) in [5.41, 5.74) is 7.53. The van der Waals surface area contributed by atoms with Crippen LogP contribution in [0.4, 0.5) is 0 Å². The molecule has 0 bridgehead atoms. The van der Waals surface area contributed by atoms with Gasteiger partial charge < -0.3 is 5.73 Å². The van der Waals surface area contributed by atoms with E-state index in [2.05, 4.69) is 17.1 Å². The van der Waals surface area contributed by atoms with E-state index in [0.29, 0.717) is 17.7 Å². The zero-order valence-electron chi connectivity index (χ0n) is 15.8. The van der Waals surface area contributed by atoms with Crippen LogP contribution in [0.25, 0.3) is 0 Å². The van der Waals surface area contributed by atoms with Gasteiger partial charge in [-0.25, -0.2) is 0 Å². The van der Waals surface area contributed by atoms with E-state index >= 15 is 0 Å². The summed E-state index contributed by atoms with van der Waals surface area (Å²) in [5, 5.41) is 2.22. The van der Waals surface area contributed by atoms with Crippen LogP contribution in [0.15, 0.2) is 18.2 Å². The van der Waals surface area contributed by atoms with E-state index in [1.54, 1.807) is 12.1 Å². The number of imide groups is 2. The van der Waals surface area contributed by atoms with E-state index in [0.717, 1.165) is 29.8 Å². The van der Waals surface area contributed by atoms with Crippen LogP contribution in [0.2, 0.25) is 0 Å². The third-order valence-corrected chi connectivity index (χ3v) is 5.98. The lowest BCUT2D eigenvalue weighted by Crippen LogP contribution is -2.54. The summed E-state index contributed by atoms with van der Waals surface area (Å²) in [6.45, 7) is 3.51. The number of hydrogen-bond acceptors (Lipinski definition) is 6. The second kappa shape index (κ2) is 7.10. The number of benzene rings is 1. The van der Waals surface area contributed by atoms with Crippen molar-refractivity contribution >= 4 is 23.6 Å². The van der Waals surface area contributed by atoms with Crippen LogP contribution in [0.3, 0.4) is 0 Å². The number of nitrogens with zero attached hydrogens (tertiary/aromatic N) is 2. The Bertz CT molecular complexity index is 868. The Labute approximate surface area is 163 Å². The molecule has 8 nitrogen and oxygen atoms in total. The fourth-order valence-corrected chi connectivity index (χ4v) is 4.43. The quantitative estimate of drug-likeness (QED) is 0.730. The molecule has 0 aromatic heterocycles. The number of hydrogen-bond donors (Lipinski definition) is 2. The smallest absolute Gasteiger partial charge is 0.262 e. The van der Waals surface area contributed by atoms with E-state index in [9.17, 15) is 19.2 Å². The predicted molar refractivity (Wildman–Crippen MR) is 100 cm³/mol. The molecule has 3 unspecified atom stereocenters. The molecule has 0 radical (unpaired) electrons. The first-order valence-electron chi connectivity index (χ1n) is 9.70. The summed E-state index contributed by atoms with van der Waals surface area (Å²) < 4.78 is 0. The van der Waals surface area contributed by atoms with Crippen molar-refractivity contribution in [3.8, 4) is 0 Å². The van der Waals surface area contributed by atoms with Crippen molar-refractivity contribution in [3.05, 3.63) is 34.9 Å². The number of amides is 4. The molecule has 2 fully saturated rings. The topological polar surface area (TPSA) is 113 Å². The number of likely N-dealkylation sites (tertiary alicyclic amines) is 1. The van der Waals surface area contributed by atoms with Crippen molar-refractivity contribution in [2.24, 2.45) is 5.73 Å². The Morgan fingerprint density at radius 3 is 2.64 bits per heavy atom. The van der Waals surface area contributed by atoms with Crippen LogP contribution in [0.5, 0.6) is 0 Å². The standard InChI is InChI=1S/C20H24N4O4/c1-11-9-13(21)7-8-23(11)10-12-3-2-4-14-17(12)20(28)24(19(14)27)15-5-6-16(25)22-18(15)26/h2-4,11,13,15H,5-10,21H2,1H3,(H,22,25,26). The molecule has 3 N–H and O–H groups in total. The third kappa shape index (κ3) is 3.12. The van der Waals surface area contributed by atoms with Gasteiger partial charge >= 0.3 is 0 Å². The summed E-state index contributed by atoms with van der Waals surface area (Å²) in [6.07, 6.45) is 2.06. The zero-order valence-corrected chi connectivity index (χ0v) is 15.8. The normalized spacial score (nSPS) is 28.5. The van der Waals surface area contributed by atoms with Crippen LogP contribution in [0, 0.1) is 0 Å². The molecule has 148 valence electrons. The average Bonchev–Trinajstić information content (AvgIpc) is 2.90. The van der Waals surface area contributed by atoms with Gasteiger partial charge in [-0.05, 0) is 37.8 Å². The second-order valence-electron chi connectivity index (χ2n) is 7.89. The maximum Gasteiger partial charge on any atom is 0.262 e. The Balaban J connectivity index is 1.61. The van der Waals surface area contributed by atoms with Crippen LogP contribution in [-0.4, -0.2) is 58.1 Å². The van der Waals surface area contributed by atoms with Crippen LogP contribution in [0.1, 0.15) is 58.9 Å². The predicted octanol–water partition coefficient (Wildman–Crippen LogP) is 0.399. The Kier molecular flexibility index (Phi) is 4.76. The summed E-state index contributed by atoms with van der Waals surface area (Å²) in [6, 6.07) is 4.80. The highest BCUT2D eigenvalue weighted by Crippen LogP contribution is 2.31. The molecule has 4 rings (SSSR count). The first-order valence-corrected chi connectivity index (χ1v) is 9.70. The molecule has 0 aliphatic carbocycles. The summed E-state index contributed by atoms with van der Waals surface area (Å²) in [4.78, 5) is 52.9. The molecule has 28 heavy (non-hydrogen) atoms. The van der Waals surface area contributed by atoms with Gasteiger partial charge in [0, 0.05) is 31.6 Å². The molecule has 4 amide bonds. The van der Waals surface area contributed by atoms with Crippen molar-refractivity contribution in [1.29, 1.82) is 0 Å². The Morgan fingerprint density at radius 1 is 1.14 bits per heavy atom. The molecule has 3 heterocycles. The monoisotopic (exact) mass is 384 g/mol. The van der Waals surface area contributed by atoms with Crippen molar-refractivity contribution in [2.75, 3.05) is 6.54 Å². The lowest BCUT2D eigenvalue weighted by atomic mass is 9.96. The third-order valence-electron chi connectivity index (χ3n) is 5.98. The van der Waals surface area contributed by atoms with Crippen molar-refractivity contribution < 1.29 is 19.2 Å². The number of nitrogens with two attached hydrogens (primary N) is 1. The van der Waals surface area contributed by atoms with Gasteiger partial charge in [-0.15, -0.1) is 0 Å². The summed E-state index contributed by atoms with van der Waals surface area (Å²) in [7, 11) is 0. The van der Waals surface area contributed by atoms with Gasteiger partial charge in [0.1, 0.15) is 6.04 Å². The van der Waals surface area contributed by atoms with Crippen LogP contribution in [-0.2, 0) is 16.1 Å². The minimum atomic E-state index is -0.940. The molecule has 3 aliphatic heterocycles. The molecule has 1 aromatic rings. The largest absolute Gasteiger partial charge is 0.328 e. The number of fused-ring (bicyclic) bond motifs is 1. The fraction of sp³-hybridized carbons (Fsp3) is 0.500. The van der Waals surface area contributed by atoms with Gasteiger partial charge in [0.15, 0.2) is 0 Å². The molecule has 2 saturated heterocycles. The first kappa shape index (κ1) is 18.8. The van der Waals surface area contributed by atoms with Crippen molar-refractivity contribution in [3.63, 3.8) is 0 Å². The summed E-state index contributed by atoms with van der Waals surface area (Å²) >= 11 is 0. The average molecular weight is 384 g/mol. The zero-order chi connectivity index (χ0) is 20.0. The molecule has 3 atom stereocenters. The molecular formula is C20H24N4O4. The van der Waals surface area contributed by atoms with E-state index in [-0.39, 0.29) is 30.8 Å². The van der Waals surface area contributed by atoms with Gasteiger partial charge in [0.05, 0.1) is 11.1 Å². The summed E-state index contributed by atoms with van der Waals surface area (Å²) in [5.74, 6) is -1.89. The number of piperidine rings is 2. The first-order chi connectivity index (χ1) is 13.4. The van der Waals surface area contributed by atoms with Gasteiger partial charge in [-0.3, -0.25) is 34.3 Å². The van der Waals surface area contributed by atoms with E-state index in [1.165, 1.54) is 0 Å². The second-order valence-corrected chi connectivity index (χ2v) is 7.89. The van der Waals surface area contributed by atoms with Crippen molar-refractivity contribution in [1.82, 2.24) is 15.1 Å². The number of carbonyl (C=O) groups excluding carboxylic acids is 4. The fourth-order valence-electron chi connectivity index (χ4n) is 4.43. The molecular weight excluding hydrogens is 360 g/mol. The lowest BCUT2D eigenvalue weighted by Gasteiger charge is -2.36.